The molecule has 3 rings (SSSR count). The third-order valence-corrected chi connectivity index (χ3v) is 4.90. The Morgan fingerprint density at radius 2 is 1.75 bits per heavy atom. The van der Waals surface area contributed by atoms with Crippen molar-refractivity contribution < 1.29 is 14.3 Å². The molecular weight excluding hydrogens is 356 g/mol. The van der Waals surface area contributed by atoms with Crippen molar-refractivity contribution in [2.24, 2.45) is 0 Å². The van der Waals surface area contributed by atoms with Gasteiger partial charge < -0.3 is 19.9 Å². The van der Waals surface area contributed by atoms with Crippen LogP contribution >= 0.6 is 0 Å². The molecule has 1 N–H and O–H groups in total. The number of hydrogen-bond donors (Lipinski definition) is 1. The highest BCUT2D eigenvalue weighted by atomic mass is 16.5. The molecule has 1 fully saturated rings. The molecule has 2 amide bonds. The number of piperazine rings is 1. The molecule has 0 saturated carbocycles. The normalized spacial score (nSPS) is 13.9. The lowest BCUT2D eigenvalue weighted by molar-refractivity contribution is -0.130. The molecule has 2 heterocycles. The van der Waals surface area contributed by atoms with E-state index in [4.69, 9.17) is 4.74 Å². The first-order chi connectivity index (χ1) is 13.6. The largest absolute Gasteiger partial charge is 0.497 e. The third-order valence-electron chi connectivity index (χ3n) is 4.90. The predicted octanol–water partition coefficient (Wildman–Crippen LogP) is 2.05. The molecule has 1 aromatic heterocycles. The summed E-state index contributed by atoms with van der Waals surface area (Å²) in [6, 6.07) is 11.5. The van der Waals surface area contributed by atoms with E-state index in [1.54, 1.807) is 42.2 Å². The van der Waals surface area contributed by atoms with Gasteiger partial charge in [-0.3, -0.25) is 9.59 Å². The van der Waals surface area contributed by atoms with Crippen LogP contribution in [0, 0.1) is 0 Å². The van der Waals surface area contributed by atoms with Gasteiger partial charge in [0.1, 0.15) is 11.6 Å². The van der Waals surface area contributed by atoms with Crippen LogP contribution in [0.4, 0.5) is 5.82 Å². The zero-order valence-electron chi connectivity index (χ0n) is 16.4. The van der Waals surface area contributed by atoms with Crippen molar-refractivity contribution in [3.05, 3.63) is 53.7 Å². The number of anilines is 1. The number of amides is 2. The van der Waals surface area contributed by atoms with Crippen molar-refractivity contribution in [1.29, 1.82) is 0 Å². The van der Waals surface area contributed by atoms with Crippen molar-refractivity contribution in [2.45, 2.75) is 13.3 Å². The number of methoxy groups -OCH3 is 1. The summed E-state index contributed by atoms with van der Waals surface area (Å²) < 4.78 is 5.17. The van der Waals surface area contributed by atoms with Gasteiger partial charge in [0.05, 0.1) is 7.11 Å². The van der Waals surface area contributed by atoms with Gasteiger partial charge in [0.25, 0.3) is 5.91 Å². The van der Waals surface area contributed by atoms with Crippen LogP contribution in [-0.2, 0) is 11.2 Å². The second-order valence-electron chi connectivity index (χ2n) is 6.75. The number of ether oxygens (including phenoxy) is 1. The topological polar surface area (TPSA) is 74.8 Å². The molecule has 0 spiro atoms. The SMILES string of the molecule is COc1ccc(CCNc2cc(C(=O)N3CCN(C(C)=O)CC3)ccn2)cc1. The van der Waals surface area contributed by atoms with E-state index in [1.165, 1.54) is 5.56 Å². The second-order valence-corrected chi connectivity index (χ2v) is 6.75. The molecule has 0 unspecified atom stereocenters. The maximum atomic E-state index is 12.7. The third kappa shape index (κ3) is 5.00. The van der Waals surface area contributed by atoms with E-state index in [0.29, 0.717) is 44.1 Å². The van der Waals surface area contributed by atoms with Gasteiger partial charge in [-0.1, -0.05) is 12.1 Å². The van der Waals surface area contributed by atoms with Crippen LogP contribution < -0.4 is 10.1 Å². The molecule has 0 bridgehead atoms. The summed E-state index contributed by atoms with van der Waals surface area (Å²) in [4.78, 5) is 32.0. The van der Waals surface area contributed by atoms with Crippen molar-refractivity contribution in [3.8, 4) is 5.75 Å². The number of hydrogen-bond acceptors (Lipinski definition) is 5. The Hall–Kier alpha value is -3.09. The smallest absolute Gasteiger partial charge is 0.254 e. The summed E-state index contributed by atoms with van der Waals surface area (Å²) in [5.41, 5.74) is 1.81. The first-order valence-electron chi connectivity index (χ1n) is 9.44. The molecular formula is C21H26N4O3. The summed E-state index contributed by atoms with van der Waals surface area (Å²) in [6.45, 7) is 4.55. The summed E-state index contributed by atoms with van der Waals surface area (Å²) >= 11 is 0. The van der Waals surface area contributed by atoms with Crippen molar-refractivity contribution in [1.82, 2.24) is 14.8 Å². The Labute approximate surface area is 165 Å². The minimum absolute atomic E-state index is 0.0243. The lowest BCUT2D eigenvalue weighted by atomic mass is 10.1. The van der Waals surface area contributed by atoms with Crippen LogP contribution in [0.5, 0.6) is 5.75 Å². The molecule has 1 aliphatic heterocycles. The minimum atomic E-state index is -0.0243. The molecule has 0 radical (unpaired) electrons. The Morgan fingerprint density at radius 1 is 1.07 bits per heavy atom. The first-order valence-corrected chi connectivity index (χ1v) is 9.44. The van der Waals surface area contributed by atoms with E-state index in [9.17, 15) is 9.59 Å². The fourth-order valence-electron chi connectivity index (χ4n) is 3.19. The van der Waals surface area contributed by atoms with Gasteiger partial charge in [0, 0.05) is 51.4 Å². The zero-order chi connectivity index (χ0) is 19.9. The first kappa shape index (κ1) is 19.7. The maximum Gasteiger partial charge on any atom is 0.254 e. The van der Waals surface area contributed by atoms with Gasteiger partial charge in [-0.05, 0) is 36.2 Å². The van der Waals surface area contributed by atoms with Crippen LogP contribution in [0.3, 0.4) is 0 Å². The maximum absolute atomic E-state index is 12.7. The molecule has 148 valence electrons. The quantitative estimate of drug-likeness (QED) is 0.828. The van der Waals surface area contributed by atoms with Gasteiger partial charge in [0.2, 0.25) is 5.91 Å². The Morgan fingerprint density at radius 3 is 2.39 bits per heavy atom. The number of nitrogens with one attached hydrogen (secondary N) is 1. The van der Waals surface area contributed by atoms with Crippen LogP contribution in [0.2, 0.25) is 0 Å². The van der Waals surface area contributed by atoms with Gasteiger partial charge in [-0.2, -0.15) is 0 Å². The molecule has 28 heavy (non-hydrogen) atoms. The highest BCUT2D eigenvalue weighted by Gasteiger charge is 2.23. The zero-order valence-corrected chi connectivity index (χ0v) is 16.4. The number of benzene rings is 1. The number of rotatable bonds is 6. The average Bonchev–Trinajstić information content (AvgIpc) is 2.74. The molecule has 1 aromatic carbocycles. The molecule has 7 heteroatoms. The van der Waals surface area contributed by atoms with E-state index >= 15 is 0 Å². The molecule has 2 aromatic rings. The summed E-state index contributed by atoms with van der Waals surface area (Å²) in [7, 11) is 1.65. The van der Waals surface area contributed by atoms with Crippen LogP contribution in [-0.4, -0.2) is 66.4 Å². The molecule has 1 saturated heterocycles. The molecule has 7 nitrogen and oxygen atoms in total. The van der Waals surface area contributed by atoms with E-state index in [0.717, 1.165) is 12.2 Å². The van der Waals surface area contributed by atoms with Crippen LogP contribution in [0.25, 0.3) is 0 Å². The lowest BCUT2D eigenvalue weighted by Gasteiger charge is -2.34. The summed E-state index contributed by atoms with van der Waals surface area (Å²) in [6.07, 6.45) is 2.49. The summed E-state index contributed by atoms with van der Waals surface area (Å²) in [5.74, 6) is 1.55. The monoisotopic (exact) mass is 382 g/mol. The summed E-state index contributed by atoms with van der Waals surface area (Å²) in [5, 5.41) is 3.28. The Balaban J connectivity index is 1.53. The van der Waals surface area contributed by atoms with Crippen LogP contribution in [0.1, 0.15) is 22.8 Å². The van der Waals surface area contributed by atoms with E-state index in [-0.39, 0.29) is 11.8 Å². The molecule has 0 atom stereocenters. The number of carbonyl (C=O) groups is 2. The van der Waals surface area contributed by atoms with Crippen molar-refractivity contribution >= 4 is 17.6 Å². The average molecular weight is 382 g/mol. The number of aromatic nitrogens is 1. The number of carbonyl (C=O) groups excluding carboxylic acids is 2. The van der Waals surface area contributed by atoms with Gasteiger partial charge in [0.15, 0.2) is 0 Å². The highest BCUT2D eigenvalue weighted by molar-refractivity contribution is 5.95. The predicted molar refractivity (Wildman–Crippen MR) is 108 cm³/mol. The van der Waals surface area contributed by atoms with E-state index in [1.807, 2.05) is 24.3 Å². The minimum Gasteiger partial charge on any atom is -0.497 e. The number of pyridine rings is 1. The fraction of sp³-hybridized carbons (Fsp3) is 0.381. The van der Waals surface area contributed by atoms with Crippen LogP contribution in [0.15, 0.2) is 42.6 Å². The Bertz CT molecular complexity index is 815. The molecule has 0 aliphatic carbocycles. The number of nitrogens with zero attached hydrogens (tertiary/aromatic N) is 3. The van der Waals surface area contributed by atoms with Gasteiger partial charge in [-0.25, -0.2) is 4.98 Å². The second kappa shape index (κ2) is 9.21. The van der Waals surface area contributed by atoms with Gasteiger partial charge >= 0.3 is 0 Å². The van der Waals surface area contributed by atoms with Crippen molar-refractivity contribution in [2.75, 3.05) is 45.2 Å². The fourth-order valence-corrected chi connectivity index (χ4v) is 3.19. The Kier molecular flexibility index (Phi) is 6.47. The van der Waals surface area contributed by atoms with E-state index in [2.05, 4.69) is 10.3 Å². The van der Waals surface area contributed by atoms with Crippen molar-refractivity contribution in [3.63, 3.8) is 0 Å². The standard InChI is InChI=1S/C21H26N4O3/c1-16(26)24-11-13-25(14-12-24)21(27)18-8-10-23-20(15-18)22-9-7-17-3-5-19(28-2)6-4-17/h3-6,8,10,15H,7,9,11-14H2,1-2H3,(H,22,23). The lowest BCUT2D eigenvalue weighted by Crippen LogP contribution is -2.50. The van der Waals surface area contributed by atoms with Gasteiger partial charge in [-0.15, -0.1) is 0 Å². The molecule has 1 aliphatic rings. The highest BCUT2D eigenvalue weighted by Crippen LogP contribution is 2.14. The van der Waals surface area contributed by atoms with E-state index < -0.39 is 0 Å².